The third-order valence-electron chi connectivity index (χ3n) is 2.74. The lowest BCUT2D eigenvalue weighted by atomic mass is 9.99. The van der Waals surface area contributed by atoms with Gasteiger partial charge in [0.15, 0.2) is 0 Å². The lowest BCUT2D eigenvalue weighted by Crippen LogP contribution is -1.83. The normalized spacial score (nSPS) is 9.32. The lowest BCUT2D eigenvalue weighted by molar-refractivity contribution is 0.564. The maximum atomic E-state index is 10.4. The molecule has 0 amide bonds. The minimum absolute atomic E-state index is 0.308. The van der Waals surface area contributed by atoms with Gasteiger partial charge in [-0.05, 0) is 35.7 Å². The van der Waals surface area contributed by atoms with Gasteiger partial charge in [-0.25, -0.2) is 9.59 Å². The summed E-state index contributed by atoms with van der Waals surface area (Å²) in [6.07, 6.45) is 2.92. The molecule has 19 heavy (non-hydrogen) atoms. The van der Waals surface area contributed by atoms with Crippen LogP contribution in [-0.4, -0.2) is 12.2 Å². The number of rotatable bonds is 3. The van der Waals surface area contributed by atoms with Crippen LogP contribution in [0.1, 0.15) is 5.56 Å². The van der Waals surface area contributed by atoms with Crippen molar-refractivity contribution in [2.75, 3.05) is 0 Å². The van der Waals surface area contributed by atoms with Gasteiger partial charge in [0.1, 0.15) is 11.4 Å². The van der Waals surface area contributed by atoms with Crippen LogP contribution in [0.2, 0.25) is 0 Å². The molecule has 0 spiro atoms. The zero-order valence-electron chi connectivity index (χ0n) is 10.3. The van der Waals surface area contributed by atoms with Gasteiger partial charge in [-0.15, -0.1) is 0 Å². The van der Waals surface area contributed by atoms with E-state index in [0.717, 1.165) is 16.7 Å². The van der Waals surface area contributed by atoms with Gasteiger partial charge < -0.3 is 0 Å². The first kappa shape index (κ1) is 12.7. The van der Waals surface area contributed by atoms with E-state index in [1.54, 1.807) is 12.1 Å². The molecule has 0 heterocycles. The molecule has 0 radical (unpaired) electrons. The van der Waals surface area contributed by atoms with Crippen LogP contribution in [0.3, 0.4) is 0 Å². The predicted octanol–water partition coefficient (Wildman–Crippen LogP) is 3.60. The van der Waals surface area contributed by atoms with Crippen LogP contribution in [0.25, 0.3) is 11.1 Å². The summed E-state index contributed by atoms with van der Waals surface area (Å²) in [5.41, 5.74) is 3.49. The van der Waals surface area contributed by atoms with Gasteiger partial charge in [0.05, 0.1) is 0 Å². The topological polar surface area (TPSA) is 58.9 Å². The van der Waals surface area contributed by atoms with Crippen molar-refractivity contribution in [1.82, 2.24) is 0 Å². The Morgan fingerprint density at radius 1 is 0.895 bits per heavy atom. The molecule has 4 nitrogen and oxygen atoms in total. The maximum Gasteiger partial charge on any atom is 0.240 e. The highest BCUT2D eigenvalue weighted by atomic mass is 16.1. The van der Waals surface area contributed by atoms with E-state index in [4.69, 9.17) is 0 Å². The van der Waals surface area contributed by atoms with Crippen molar-refractivity contribution in [3.8, 4) is 11.1 Å². The minimum Gasteiger partial charge on any atom is -0.211 e. The molecule has 0 atom stereocenters. The number of aryl methyl sites for hydroxylation is 1. The number of carbonyl (C=O) groups excluding carboxylic acids is 2. The molecular formula is C15H10N2O2. The fraction of sp³-hybridized carbons (Fsp3) is 0.0667. The second-order valence-corrected chi connectivity index (χ2v) is 3.93. The second-order valence-electron chi connectivity index (χ2n) is 3.93. The molecule has 0 aliphatic carbocycles. The minimum atomic E-state index is 0.308. The molecular weight excluding hydrogens is 240 g/mol. The molecule has 0 saturated heterocycles. The van der Waals surface area contributed by atoms with Gasteiger partial charge >= 0.3 is 0 Å². The van der Waals surface area contributed by atoms with Gasteiger partial charge in [-0.1, -0.05) is 30.3 Å². The van der Waals surface area contributed by atoms with Gasteiger partial charge in [0.2, 0.25) is 12.2 Å². The van der Waals surface area contributed by atoms with Gasteiger partial charge in [0, 0.05) is 0 Å². The van der Waals surface area contributed by atoms with Crippen LogP contribution in [0, 0.1) is 6.92 Å². The monoisotopic (exact) mass is 250 g/mol. The smallest absolute Gasteiger partial charge is 0.211 e. The third kappa shape index (κ3) is 2.72. The summed E-state index contributed by atoms with van der Waals surface area (Å²) in [5, 5.41) is 0. The van der Waals surface area contributed by atoms with Crippen molar-refractivity contribution in [2.45, 2.75) is 6.92 Å². The van der Waals surface area contributed by atoms with E-state index < -0.39 is 0 Å². The van der Waals surface area contributed by atoms with Crippen LogP contribution >= 0.6 is 0 Å². The highest BCUT2D eigenvalue weighted by Crippen LogP contribution is 2.35. The Morgan fingerprint density at radius 3 is 2.05 bits per heavy atom. The molecule has 0 saturated carbocycles. The molecule has 0 bridgehead atoms. The van der Waals surface area contributed by atoms with E-state index in [0.29, 0.717) is 11.4 Å². The first-order valence-corrected chi connectivity index (χ1v) is 5.62. The third-order valence-corrected chi connectivity index (χ3v) is 2.74. The number of isocyanates is 2. The zero-order valence-corrected chi connectivity index (χ0v) is 10.3. The molecule has 2 rings (SSSR count). The summed E-state index contributed by atoms with van der Waals surface area (Å²) in [6, 6.07) is 13.1. The van der Waals surface area contributed by atoms with E-state index in [1.165, 1.54) is 12.2 Å². The Hall–Kier alpha value is -2.80. The fourth-order valence-corrected chi connectivity index (χ4v) is 1.89. The Morgan fingerprint density at radius 2 is 1.47 bits per heavy atom. The molecule has 4 heteroatoms. The van der Waals surface area contributed by atoms with Crippen molar-refractivity contribution < 1.29 is 9.59 Å². The van der Waals surface area contributed by atoms with Crippen LogP contribution in [-0.2, 0) is 9.59 Å². The highest BCUT2D eigenvalue weighted by Gasteiger charge is 2.08. The SMILES string of the molecule is Cc1cc(N=C=O)c(N=C=O)cc1-c1ccccc1. The molecule has 0 unspecified atom stereocenters. The summed E-state index contributed by atoms with van der Waals surface area (Å²) in [7, 11) is 0. The van der Waals surface area contributed by atoms with Crippen LogP contribution < -0.4 is 0 Å². The molecule has 0 aromatic heterocycles. The number of hydrogen-bond donors (Lipinski definition) is 0. The summed E-state index contributed by atoms with van der Waals surface area (Å²) in [4.78, 5) is 27.9. The van der Waals surface area contributed by atoms with Gasteiger partial charge in [-0.2, -0.15) is 9.98 Å². The number of hydrogen-bond acceptors (Lipinski definition) is 4. The van der Waals surface area contributed by atoms with E-state index in [9.17, 15) is 9.59 Å². The molecule has 0 fully saturated rings. The lowest BCUT2D eigenvalue weighted by Gasteiger charge is -2.08. The largest absolute Gasteiger partial charge is 0.240 e. The maximum absolute atomic E-state index is 10.4. The Labute approximate surface area is 110 Å². The van der Waals surface area contributed by atoms with E-state index in [1.807, 2.05) is 37.3 Å². The van der Waals surface area contributed by atoms with Crippen molar-refractivity contribution in [2.24, 2.45) is 9.98 Å². The predicted molar refractivity (Wildman–Crippen MR) is 72.2 cm³/mol. The average molecular weight is 250 g/mol. The fourth-order valence-electron chi connectivity index (χ4n) is 1.89. The van der Waals surface area contributed by atoms with Crippen LogP contribution in [0.5, 0.6) is 0 Å². The number of aliphatic imine (C=N–C) groups is 2. The number of benzene rings is 2. The second kappa shape index (κ2) is 5.69. The van der Waals surface area contributed by atoms with Gasteiger partial charge in [-0.3, -0.25) is 0 Å². The average Bonchev–Trinajstić information content (AvgIpc) is 2.43. The van der Waals surface area contributed by atoms with Crippen LogP contribution in [0.4, 0.5) is 11.4 Å². The molecule has 2 aromatic rings. The van der Waals surface area contributed by atoms with Crippen molar-refractivity contribution in [3.05, 3.63) is 48.0 Å². The summed E-state index contributed by atoms with van der Waals surface area (Å²) >= 11 is 0. The van der Waals surface area contributed by atoms with Crippen molar-refractivity contribution in [1.29, 1.82) is 0 Å². The number of nitrogens with zero attached hydrogens (tertiary/aromatic N) is 2. The van der Waals surface area contributed by atoms with E-state index in [2.05, 4.69) is 9.98 Å². The highest BCUT2D eigenvalue weighted by molar-refractivity contribution is 5.79. The molecule has 92 valence electrons. The summed E-state index contributed by atoms with van der Waals surface area (Å²) in [6.45, 7) is 1.90. The molecule has 0 aliphatic heterocycles. The van der Waals surface area contributed by atoms with Crippen molar-refractivity contribution >= 4 is 23.5 Å². The molecule has 0 N–H and O–H groups in total. The molecule has 0 aliphatic rings. The summed E-state index contributed by atoms with van der Waals surface area (Å²) < 4.78 is 0. The molecule has 2 aromatic carbocycles. The Bertz CT molecular complexity index is 696. The van der Waals surface area contributed by atoms with Gasteiger partial charge in [0.25, 0.3) is 0 Å². The quantitative estimate of drug-likeness (QED) is 0.617. The van der Waals surface area contributed by atoms with Crippen molar-refractivity contribution in [3.63, 3.8) is 0 Å². The first-order valence-electron chi connectivity index (χ1n) is 5.62. The Kier molecular flexibility index (Phi) is 3.79. The zero-order chi connectivity index (χ0) is 13.7. The Balaban J connectivity index is 2.67. The first-order chi connectivity index (χ1) is 9.26. The van der Waals surface area contributed by atoms with E-state index >= 15 is 0 Å². The van der Waals surface area contributed by atoms with Crippen LogP contribution in [0.15, 0.2) is 52.4 Å². The van der Waals surface area contributed by atoms with E-state index in [-0.39, 0.29) is 0 Å². The standard InChI is InChI=1S/C15H10N2O2/c1-11-7-14(16-9-18)15(17-10-19)8-13(11)12-5-3-2-4-6-12/h2-8H,1H3. The summed E-state index contributed by atoms with van der Waals surface area (Å²) in [5.74, 6) is 0.